The Morgan fingerprint density at radius 3 is 2.56 bits per heavy atom. The van der Waals surface area contributed by atoms with Gasteiger partial charge in [-0.1, -0.05) is 6.07 Å². The molecule has 0 saturated carbocycles. The lowest BCUT2D eigenvalue weighted by Gasteiger charge is -2.09. The normalized spacial score (nSPS) is 10.4. The Balaban J connectivity index is 2.09. The minimum Gasteiger partial charge on any atom is -0.399 e. The average molecular weight is 248 g/mol. The molecule has 3 N–H and O–H groups in total. The van der Waals surface area contributed by atoms with E-state index < -0.39 is 11.6 Å². The summed E-state index contributed by atoms with van der Waals surface area (Å²) in [6, 6.07) is 9.06. The molecular formula is C14H14F2N2. The standard InChI is InChI=1S/C14H14F2N2/c1-9-6-12(4-5-14(9)17)18-8-10-2-3-11(15)7-13(10)16/h2-7,18H,8,17H2,1H3. The number of aryl methyl sites for hydroxylation is 1. The lowest BCUT2D eigenvalue weighted by Crippen LogP contribution is -2.02. The van der Waals surface area contributed by atoms with Crippen LogP contribution >= 0.6 is 0 Å². The van der Waals surface area contributed by atoms with Crippen LogP contribution < -0.4 is 11.1 Å². The van der Waals surface area contributed by atoms with Gasteiger partial charge in [0.05, 0.1) is 0 Å². The molecule has 0 radical (unpaired) electrons. The first-order valence-corrected chi connectivity index (χ1v) is 5.60. The fraction of sp³-hybridized carbons (Fsp3) is 0.143. The van der Waals surface area contributed by atoms with E-state index in [1.807, 2.05) is 19.1 Å². The molecule has 2 rings (SSSR count). The van der Waals surface area contributed by atoms with E-state index in [9.17, 15) is 8.78 Å². The molecule has 18 heavy (non-hydrogen) atoms. The first-order valence-electron chi connectivity index (χ1n) is 5.60. The number of benzene rings is 2. The minimum atomic E-state index is -0.570. The fourth-order valence-electron chi connectivity index (χ4n) is 1.65. The minimum absolute atomic E-state index is 0.301. The van der Waals surface area contributed by atoms with Gasteiger partial charge in [0.2, 0.25) is 0 Å². The van der Waals surface area contributed by atoms with Crippen LogP contribution in [-0.4, -0.2) is 0 Å². The molecule has 94 valence electrons. The molecule has 2 nitrogen and oxygen atoms in total. The highest BCUT2D eigenvalue weighted by Crippen LogP contribution is 2.18. The number of hydrogen-bond acceptors (Lipinski definition) is 2. The topological polar surface area (TPSA) is 38.0 Å². The largest absolute Gasteiger partial charge is 0.399 e. The second-order valence-corrected chi connectivity index (χ2v) is 4.16. The van der Waals surface area contributed by atoms with E-state index in [4.69, 9.17) is 5.73 Å². The maximum atomic E-state index is 13.4. The Kier molecular flexibility index (Phi) is 3.46. The molecule has 0 atom stereocenters. The monoisotopic (exact) mass is 248 g/mol. The van der Waals surface area contributed by atoms with E-state index in [1.165, 1.54) is 12.1 Å². The fourth-order valence-corrected chi connectivity index (χ4v) is 1.65. The zero-order valence-corrected chi connectivity index (χ0v) is 10.0. The summed E-state index contributed by atoms with van der Waals surface area (Å²) in [5.74, 6) is -1.12. The van der Waals surface area contributed by atoms with Crippen LogP contribution in [-0.2, 0) is 6.54 Å². The van der Waals surface area contributed by atoms with Gasteiger partial charge in [0, 0.05) is 29.5 Å². The highest BCUT2D eigenvalue weighted by atomic mass is 19.1. The smallest absolute Gasteiger partial charge is 0.131 e. The summed E-state index contributed by atoms with van der Waals surface area (Å²) in [5.41, 5.74) is 8.66. The van der Waals surface area contributed by atoms with Gasteiger partial charge >= 0.3 is 0 Å². The third kappa shape index (κ3) is 2.77. The van der Waals surface area contributed by atoms with Crippen LogP contribution in [0.15, 0.2) is 36.4 Å². The molecule has 0 fully saturated rings. The molecule has 0 aromatic heterocycles. The van der Waals surface area contributed by atoms with Gasteiger partial charge in [-0.3, -0.25) is 0 Å². The van der Waals surface area contributed by atoms with E-state index in [2.05, 4.69) is 5.32 Å². The van der Waals surface area contributed by atoms with Crippen LogP contribution in [0.25, 0.3) is 0 Å². The van der Waals surface area contributed by atoms with Crippen molar-refractivity contribution in [3.63, 3.8) is 0 Å². The lowest BCUT2D eigenvalue weighted by atomic mass is 10.1. The number of rotatable bonds is 3. The second-order valence-electron chi connectivity index (χ2n) is 4.16. The van der Waals surface area contributed by atoms with E-state index >= 15 is 0 Å². The van der Waals surface area contributed by atoms with Gasteiger partial charge in [-0.25, -0.2) is 8.78 Å². The van der Waals surface area contributed by atoms with Crippen LogP contribution in [0.2, 0.25) is 0 Å². The van der Waals surface area contributed by atoms with Crippen molar-refractivity contribution in [2.45, 2.75) is 13.5 Å². The Hall–Kier alpha value is -2.10. The molecule has 0 aliphatic rings. The summed E-state index contributed by atoms with van der Waals surface area (Å²) in [5, 5.41) is 3.07. The average Bonchev–Trinajstić information content (AvgIpc) is 2.32. The summed E-state index contributed by atoms with van der Waals surface area (Å²) in [4.78, 5) is 0. The summed E-state index contributed by atoms with van der Waals surface area (Å²) in [7, 11) is 0. The van der Waals surface area contributed by atoms with Crippen LogP contribution in [0.3, 0.4) is 0 Å². The van der Waals surface area contributed by atoms with Crippen molar-refractivity contribution in [1.29, 1.82) is 0 Å². The van der Waals surface area contributed by atoms with Crippen molar-refractivity contribution >= 4 is 11.4 Å². The zero-order chi connectivity index (χ0) is 13.1. The predicted molar refractivity (Wildman–Crippen MR) is 69.3 cm³/mol. The van der Waals surface area contributed by atoms with E-state index in [0.717, 1.165) is 17.3 Å². The Morgan fingerprint density at radius 2 is 1.89 bits per heavy atom. The maximum Gasteiger partial charge on any atom is 0.131 e. The number of nitrogen functional groups attached to an aromatic ring is 1. The Labute approximate surface area is 104 Å². The van der Waals surface area contributed by atoms with Crippen molar-refractivity contribution in [1.82, 2.24) is 0 Å². The molecule has 2 aromatic carbocycles. The lowest BCUT2D eigenvalue weighted by molar-refractivity contribution is 0.574. The van der Waals surface area contributed by atoms with Gasteiger partial charge < -0.3 is 11.1 Å². The van der Waals surface area contributed by atoms with Crippen molar-refractivity contribution in [3.8, 4) is 0 Å². The van der Waals surface area contributed by atoms with Gasteiger partial charge in [0.25, 0.3) is 0 Å². The molecule has 0 spiro atoms. The molecule has 0 saturated heterocycles. The molecule has 0 unspecified atom stereocenters. The highest BCUT2D eigenvalue weighted by Gasteiger charge is 2.03. The predicted octanol–water partition coefficient (Wildman–Crippen LogP) is 3.47. The van der Waals surface area contributed by atoms with Crippen LogP contribution in [0.1, 0.15) is 11.1 Å². The van der Waals surface area contributed by atoms with Crippen LogP contribution in [0.5, 0.6) is 0 Å². The first kappa shape index (κ1) is 12.4. The molecule has 0 bridgehead atoms. The van der Waals surface area contributed by atoms with Crippen molar-refractivity contribution < 1.29 is 8.78 Å². The summed E-state index contributed by atoms with van der Waals surface area (Å²) >= 11 is 0. The molecule has 2 aromatic rings. The molecule has 0 aliphatic heterocycles. The summed E-state index contributed by atoms with van der Waals surface area (Å²) in [6.07, 6.45) is 0. The van der Waals surface area contributed by atoms with Crippen LogP contribution in [0.4, 0.5) is 20.2 Å². The Morgan fingerprint density at radius 1 is 1.11 bits per heavy atom. The van der Waals surface area contributed by atoms with Gasteiger partial charge in [-0.2, -0.15) is 0 Å². The molecule has 4 heteroatoms. The zero-order valence-electron chi connectivity index (χ0n) is 10.0. The van der Waals surface area contributed by atoms with Crippen molar-refractivity contribution in [2.75, 3.05) is 11.1 Å². The molecule has 0 aliphatic carbocycles. The molecule has 0 amide bonds. The number of anilines is 2. The van der Waals surface area contributed by atoms with Gasteiger partial charge in [0.1, 0.15) is 11.6 Å². The third-order valence-electron chi connectivity index (χ3n) is 2.77. The SMILES string of the molecule is Cc1cc(NCc2ccc(F)cc2F)ccc1N. The maximum absolute atomic E-state index is 13.4. The van der Waals surface area contributed by atoms with E-state index in [0.29, 0.717) is 17.8 Å². The molecular weight excluding hydrogens is 234 g/mol. The number of nitrogens with one attached hydrogen (secondary N) is 1. The summed E-state index contributed by atoms with van der Waals surface area (Å²) < 4.78 is 26.1. The van der Waals surface area contributed by atoms with Gasteiger partial charge in [0.15, 0.2) is 0 Å². The number of nitrogens with two attached hydrogens (primary N) is 1. The molecule has 0 heterocycles. The second kappa shape index (κ2) is 5.04. The van der Waals surface area contributed by atoms with E-state index in [-0.39, 0.29) is 0 Å². The first-order chi connectivity index (χ1) is 8.56. The van der Waals surface area contributed by atoms with Crippen molar-refractivity contribution in [2.24, 2.45) is 0 Å². The number of halogens is 2. The third-order valence-corrected chi connectivity index (χ3v) is 2.77. The van der Waals surface area contributed by atoms with Gasteiger partial charge in [-0.05, 0) is 36.8 Å². The van der Waals surface area contributed by atoms with Crippen LogP contribution in [0, 0.1) is 18.6 Å². The van der Waals surface area contributed by atoms with Gasteiger partial charge in [-0.15, -0.1) is 0 Å². The summed E-state index contributed by atoms with van der Waals surface area (Å²) in [6.45, 7) is 2.20. The Bertz CT molecular complexity index is 568. The number of hydrogen-bond donors (Lipinski definition) is 2. The quantitative estimate of drug-likeness (QED) is 0.816. The van der Waals surface area contributed by atoms with Crippen molar-refractivity contribution in [3.05, 3.63) is 59.2 Å². The van der Waals surface area contributed by atoms with E-state index in [1.54, 1.807) is 6.07 Å². The highest BCUT2D eigenvalue weighted by molar-refractivity contribution is 5.56.